The van der Waals surface area contributed by atoms with E-state index < -0.39 is 0 Å². The van der Waals surface area contributed by atoms with Gasteiger partial charge in [-0.15, -0.1) is 11.3 Å². The SMILES string of the molecule is Cc1csc(NC(=O)CN2CCC(Cn3c(COc4ccccc4)nc4ccccc43)CC2)n1. The molecule has 1 N–H and O–H groups in total. The van der Waals surface area contributed by atoms with Gasteiger partial charge in [-0.05, 0) is 63.0 Å². The van der Waals surface area contributed by atoms with Crippen molar-refractivity contribution >= 4 is 33.4 Å². The van der Waals surface area contributed by atoms with Gasteiger partial charge in [0.15, 0.2) is 5.13 Å². The zero-order chi connectivity index (χ0) is 23.3. The molecule has 0 atom stereocenters. The normalized spacial score (nSPS) is 15.0. The zero-order valence-corrected chi connectivity index (χ0v) is 20.1. The third-order valence-electron chi connectivity index (χ3n) is 6.23. The minimum Gasteiger partial charge on any atom is -0.486 e. The molecule has 5 rings (SSSR count). The van der Waals surface area contributed by atoms with Gasteiger partial charge in [0.25, 0.3) is 0 Å². The predicted molar refractivity (Wildman–Crippen MR) is 135 cm³/mol. The number of carbonyl (C=O) groups excluding carboxylic acids is 1. The molecule has 2 aromatic heterocycles. The number of benzene rings is 2. The monoisotopic (exact) mass is 475 g/mol. The Morgan fingerprint density at radius 3 is 2.62 bits per heavy atom. The number of nitrogens with one attached hydrogen (secondary N) is 1. The van der Waals surface area contributed by atoms with Crippen LogP contribution in [-0.2, 0) is 17.9 Å². The second-order valence-corrected chi connectivity index (χ2v) is 9.65. The molecule has 1 aliphatic rings. The van der Waals surface area contributed by atoms with Crippen LogP contribution in [-0.4, -0.2) is 45.0 Å². The van der Waals surface area contributed by atoms with E-state index in [0.29, 0.717) is 24.2 Å². The van der Waals surface area contributed by atoms with Gasteiger partial charge in [-0.3, -0.25) is 9.69 Å². The number of amides is 1. The van der Waals surface area contributed by atoms with Crippen molar-refractivity contribution in [3.05, 3.63) is 71.5 Å². The quantitative estimate of drug-likeness (QED) is 0.399. The molecule has 1 fully saturated rings. The van der Waals surface area contributed by atoms with Gasteiger partial charge in [0.05, 0.1) is 23.3 Å². The van der Waals surface area contributed by atoms with E-state index in [9.17, 15) is 4.79 Å². The maximum Gasteiger partial charge on any atom is 0.240 e. The average molecular weight is 476 g/mol. The van der Waals surface area contributed by atoms with Crippen LogP contribution in [0.3, 0.4) is 0 Å². The largest absolute Gasteiger partial charge is 0.486 e. The highest BCUT2D eigenvalue weighted by atomic mass is 32.1. The first-order valence-corrected chi connectivity index (χ1v) is 12.6. The number of aromatic nitrogens is 3. The molecule has 4 aromatic rings. The molecule has 3 heterocycles. The number of aryl methyl sites for hydroxylation is 1. The number of para-hydroxylation sites is 3. The highest BCUT2D eigenvalue weighted by Crippen LogP contribution is 2.25. The number of thiazole rings is 1. The first-order chi connectivity index (χ1) is 16.6. The molecule has 0 unspecified atom stereocenters. The van der Waals surface area contributed by atoms with Crippen molar-refractivity contribution < 1.29 is 9.53 Å². The number of rotatable bonds is 8. The summed E-state index contributed by atoms with van der Waals surface area (Å²) in [6.45, 7) is 5.52. The molecule has 0 radical (unpaired) electrons. The van der Waals surface area contributed by atoms with E-state index in [4.69, 9.17) is 9.72 Å². The molecular weight excluding hydrogens is 446 g/mol. The van der Waals surface area contributed by atoms with Crippen LogP contribution in [0, 0.1) is 12.8 Å². The number of likely N-dealkylation sites (tertiary alicyclic amines) is 1. The number of anilines is 1. The van der Waals surface area contributed by atoms with E-state index in [0.717, 1.165) is 60.8 Å². The van der Waals surface area contributed by atoms with E-state index in [-0.39, 0.29) is 5.91 Å². The van der Waals surface area contributed by atoms with Crippen LogP contribution >= 0.6 is 11.3 Å². The molecule has 1 saturated heterocycles. The van der Waals surface area contributed by atoms with Crippen molar-refractivity contribution in [1.29, 1.82) is 0 Å². The van der Waals surface area contributed by atoms with E-state index in [1.165, 1.54) is 11.3 Å². The molecule has 7 nitrogen and oxygen atoms in total. The van der Waals surface area contributed by atoms with Crippen molar-refractivity contribution in [2.75, 3.05) is 25.0 Å². The number of hydrogen-bond donors (Lipinski definition) is 1. The minimum absolute atomic E-state index is 0.00810. The average Bonchev–Trinajstić information content (AvgIpc) is 3.42. The second kappa shape index (κ2) is 10.4. The first-order valence-electron chi connectivity index (χ1n) is 11.7. The summed E-state index contributed by atoms with van der Waals surface area (Å²) in [5.41, 5.74) is 3.08. The highest BCUT2D eigenvalue weighted by Gasteiger charge is 2.23. The molecule has 34 heavy (non-hydrogen) atoms. The Bertz CT molecular complexity index is 1240. The Kier molecular flexibility index (Phi) is 6.87. The van der Waals surface area contributed by atoms with Crippen LogP contribution in [0.15, 0.2) is 60.0 Å². The summed E-state index contributed by atoms with van der Waals surface area (Å²) >= 11 is 1.47. The smallest absolute Gasteiger partial charge is 0.240 e. The Morgan fingerprint density at radius 1 is 1.09 bits per heavy atom. The lowest BCUT2D eigenvalue weighted by Gasteiger charge is -2.31. The van der Waals surface area contributed by atoms with E-state index >= 15 is 0 Å². The van der Waals surface area contributed by atoms with Crippen LogP contribution in [0.2, 0.25) is 0 Å². The third-order valence-corrected chi connectivity index (χ3v) is 7.10. The van der Waals surface area contributed by atoms with Gasteiger partial charge in [0.1, 0.15) is 18.2 Å². The molecule has 0 saturated carbocycles. The fraction of sp³-hybridized carbons (Fsp3) is 0.346. The van der Waals surface area contributed by atoms with Crippen LogP contribution in [0.25, 0.3) is 11.0 Å². The van der Waals surface area contributed by atoms with Gasteiger partial charge in [-0.1, -0.05) is 30.3 Å². The molecule has 1 amide bonds. The lowest BCUT2D eigenvalue weighted by Crippen LogP contribution is -2.40. The number of fused-ring (bicyclic) bond motifs is 1. The zero-order valence-electron chi connectivity index (χ0n) is 19.3. The van der Waals surface area contributed by atoms with E-state index in [1.54, 1.807) is 0 Å². The minimum atomic E-state index is 0.00810. The number of ether oxygens (including phenoxy) is 1. The molecule has 1 aliphatic heterocycles. The summed E-state index contributed by atoms with van der Waals surface area (Å²) in [5, 5.41) is 5.53. The van der Waals surface area contributed by atoms with E-state index in [2.05, 4.69) is 38.0 Å². The van der Waals surface area contributed by atoms with Gasteiger partial charge >= 0.3 is 0 Å². The van der Waals surface area contributed by atoms with Crippen molar-refractivity contribution in [3.8, 4) is 5.75 Å². The number of imidazole rings is 1. The van der Waals surface area contributed by atoms with Crippen LogP contribution in [0.4, 0.5) is 5.13 Å². The van der Waals surface area contributed by atoms with Gasteiger partial charge in [0, 0.05) is 11.9 Å². The van der Waals surface area contributed by atoms with Crippen LogP contribution in [0.1, 0.15) is 24.4 Å². The lowest BCUT2D eigenvalue weighted by molar-refractivity contribution is -0.117. The Balaban J connectivity index is 1.19. The maximum atomic E-state index is 12.4. The topological polar surface area (TPSA) is 72.3 Å². The van der Waals surface area contributed by atoms with Crippen molar-refractivity contribution in [2.24, 2.45) is 5.92 Å². The fourth-order valence-electron chi connectivity index (χ4n) is 4.46. The highest BCUT2D eigenvalue weighted by molar-refractivity contribution is 7.13. The second-order valence-electron chi connectivity index (χ2n) is 8.79. The number of carbonyl (C=O) groups is 1. The molecule has 0 spiro atoms. The van der Waals surface area contributed by atoms with Gasteiger partial charge in [-0.2, -0.15) is 0 Å². The summed E-state index contributed by atoms with van der Waals surface area (Å²) in [4.78, 5) is 23.8. The fourth-order valence-corrected chi connectivity index (χ4v) is 5.17. The lowest BCUT2D eigenvalue weighted by atomic mass is 9.96. The van der Waals surface area contributed by atoms with Crippen molar-refractivity contribution in [1.82, 2.24) is 19.4 Å². The Hall–Kier alpha value is -3.23. The predicted octanol–water partition coefficient (Wildman–Crippen LogP) is 4.73. The number of nitrogens with zero attached hydrogens (tertiary/aromatic N) is 4. The summed E-state index contributed by atoms with van der Waals surface area (Å²) in [5.74, 6) is 2.34. The molecular formula is C26H29N5O2S. The van der Waals surface area contributed by atoms with Crippen LogP contribution in [0.5, 0.6) is 5.75 Å². The van der Waals surface area contributed by atoms with Gasteiger partial charge in [0.2, 0.25) is 5.91 Å². The summed E-state index contributed by atoms with van der Waals surface area (Å²) in [6, 6.07) is 18.2. The van der Waals surface area contributed by atoms with Crippen LogP contribution < -0.4 is 10.1 Å². The Morgan fingerprint density at radius 2 is 1.85 bits per heavy atom. The van der Waals surface area contributed by atoms with Gasteiger partial charge < -0.3 is 14.6 Å². The number of hydrogen-bond acceptors (Lipinski definition) is 6. The Labute approximate surface area is 203 Å². The van der Waals surface area contributed by atoms with Crippen molar-refractivity contribution in [2.45, 2.75) is 32.9 Å². The summed E-state index contributed by atoms with van der Waals surface area (Å²) in [7, 11) is 0. The standard InChI is InChI=1S/C26H29N5O2S/c1-19-18-34-26(27-19)29-25(32)16-30-13-11-20(12-14-30)15-31-23-10-6-5-9-22(23)28-24(31)17-33-21-7-3-2-4-8-21/h2-10,18,20H,11-17H2,1H3,(H,27,29,32). The summed E-state index contributed by atoms with van der Waals surface area (Å²) in [6.07, 6.45) is 2.10. The number of piperidine rings is 1. The third kappa shape index (κ3) is 5.46. The molecule has 176 valence electrons. The molecule has 0 bridgehead atoms. The molecule has 2 aromatic carbocycles. The first kappa shape index (κ1) is 22.6. The summed E-state index contributed by atoms with van der Waals surface area (Å²) < 4.78 is 8.34. The van der Waals surface area contributed by atoms with Gasteiger partial charge in [-0.25, -0.2) is 9.97 Å². The maximum absolute atomic E-state index is 12.4. The van der Waals surface area contributed by atoms with E-state index in [1.807, 2.05) is 48.7 Å². The molecule has 8 heteroatoms. The van der Waals surface area contributed by atoms with Crippen molar-refractivity contribution in [3.63, 3.8) is 0 Å². The molecule has 0 aliphatic carbocycles.